The molecular weight excluding hydrogens is 414 g/mol. The van der Waals surface area contributed by atoms with Crippen LogP contribution in [0.1, 0.15) is 18.2 Å². The molecule has 0 fully saturated rings. The number of hydrazone groups is 1. The Balaban J connectivity index is 1.62. The van der Waals surface area contributed by atoms with Gasteiger partial charge in [0.15, 0.2) is 0 Å². The van der Waals surface area contributed by atoms with E-state index in [4.69, 9.17) is 16.3 Å². The lowest BCUT2D eigenvalue weighted by molar-refractivity contribution is 0.414. The first-order valence-electron chi connectivity index (χ1n) is 9.84. The van der Waals surface area contributed by atoms with Gasteiger partial charge in [0.2, 0.25) is 0 Å². The predicted octanol–water partition coefficient (Wildman–Crippen LogP) is 4.62. The molecule has 0 radical (unpaired) electrons. The average molecular weight is 436 g/mol. The molecule has 8 heteroatoms. The van der Waals surface area contributed by atoms with E-state index in [1.54, 1.807) is 37.6 Å². The second-order valence-corrected chi connectivity index (χ2v) is 7.30. The zero-order chi connectivity index (χ0) is 22.0. The third-order valence-corrected chi connectivity index (χ3v) is 5.58. The van der Waals surface area contributed by atoms with Crippen molar-refractivity contribution in [1.82, 2.24) is 14.3 Å². The van der Waals surface area contributed by atoms with E-state index in [-0.39, 0.29) is 5.02 Å². The van der Waals surface area contributed by atoms with Crippen LogP contribution in [0.2, 0.25) is 5.02 Å². The van der Waals surface area contributed by atoms with Gasteiger partial charge < -0.3 is 9.30 Å². The molecule has 0 spiro atoms. The largest absolute Gasteiger partial charge is 0.497 e. The number of hydrogen-bond donors (Lipinski definition) is 1. The number of fused-ring (bicyclic) bond motifs is 1. The molecule has 0 aliphatic carbocycles. The minimum absolute atomic E-state index is 0.00989. The van der Waals surface area contributed by atoms with Crippen molar-refractivity contribution in [3.63, 3.8) is 0 Å². The molecule has 1 N–H and O–H groups in total. The van der Waals surface area contributed by atoms with Crippen molar-refractivity contribution >= 4 is 34.4 Å². The van der Waals surface area contributed by atoms with Crippen molar-refractivity contribution in [1.29, 1.82) is 0 Å². The van der Waals surface area contributed by atoms with Gasteiger partial charge in [0.05, 0.1) is 25.2 Å². The van der Waals surface area contributed by atoms with Crippen molar-refractivity contribution in [2.75, 3.05) is 12.5 Å². The van der Waals surface area contributed by atoms with E-state index in [0.29, 0.717) is 17.1 Å². The minimum atomic E-state index is -0.439. The van der Waals surface area contributed by atoms with E-state index < -0.39 is 5.56 Å². The highest BCUT2D eigenvalue weighted by molar-refractivity contribution is 6.33. The SMILES string of the molecule is CCn1c(C)c(/C=N\Nc2cnn(-c3ccc(OC)cc3)c(=O)c2Cl)c2ccccc21. The molecule has 7 nitrogen and oxygen atoms in total. The molecule has 0 aliphatic heterocycles. The molecule has 31 heavy (non-hydrogen) atoms. The van der Waals surface area contributed by atoms with Gasteiger partial charge in [-0.05, 0) is 44.2 Å². The summed E-state index contributed by atoms with van der Waals surface area (Å²) >= 11 is 6.30. The number of nitrogens with one attached hydrogen (secondary N) is 1. The number of methoxy groups -OCH3 is 1. The van der Waals surface area contributed by atoms with Crippen LogP contribution in [0, 0.1) is 6.92 Å². The topological polar surface area (TPSA) is 73.4 Å². The molecule has 2 heterocycles. The first-order chi connectivity index (χ1) is 15.0. The van der Waals surface area contributed by atoms with Crippen molar-refractivity contribution in [3.05, 3.63) is 81.4 Å². The molecular formula is C23H22ClN5O2. The van der Waals surface area contributed by atoms with Gasteiger partial charge >= 0.3 is 0 Å². The number of para-hydroxylation sites is 1. The summed E-state index contributed by atoms with van der Waals surface area (Å²) in [4.78, 5) is 12.7. The summed E-state index contributed by atoms with van der Waals surface area (Å²) in [6.07, 6.45) is 3.22. The third kappa shape index (κ3) is 3.80. The molecule has 0 bridgehead atoms. The van der Waals surface area contributed by atoms with Gasteiger partial charge in [-0.25, -0.2) is 0 Å². The molecule has 158 valence electrons. The van der Waals surface area contributed by atoms with Crippen LogP contribution in [-0.2, 0) is 6.54 Å². The first kappa shape index (κ1) is 20.7. The lowest BCUT2D eigenvalue weighted by atomic mass is 10.1. The van der Waals surface area contributed by atoms with E-state index in [0.717, 1.165) is 28.7 Å². The number of aryl methyl sites for hydroxylation is 1. The van der Waals surface area contributed by atoms with Gasteiger partial charge in [0.1, 0.15) is 16.5 Å². The second-order valence-electron chi connectivity index (χ2n) is 6.92. The van der Waals surface area contributed by atoms with E-state index in [1.165, 1.54) is 10.9 Å². The van der Waals surface area contributed by atoms with Gasteiger partial charge in [-0.3, -0.25) is 10.2 Å². The smallest absolute Gasteiger partial charge is 0.292 e. The van der Waals surface area contributed by atoms with Crippen LogP contribution in [0.3, 0.4) is 0 Å². The summed E-state index contributed by atoms with van der Waals surface area (Å²) < 4.78 is 8.61. The van der Waals surface area contributed by atoms with Crippen molar-refractivity contribution in [2.24, 2.45) is 5.10 Å². The Kier molecular flexibility index (Phi) is 5.77. The Labute approximate surface area is 184 Å². The number of nitrogens with zero attached hydrogens (tertiary/aromatic N) is 4. The van der Waals surface area contributed by atoms with Crippen molar-refractivity contribution < 1.29 is 4.74 Å². The Bertz CT molecular complexity index is 1320. The summed E-state index contributed by atoms with van der Waals surface area (Å²) in [5, 5.41) is 9.66. The Morgan fingerprint density at radius 1 is 1.19 bits per heavy atom. The van der Waals surface area contributed by atoms with Gasteiger partial charge in [-0.2, -0.15) is 14.9 Å². The standard InChI is InChI=1S/C23H22ClN5O2/c1-4-28-15(2)19(18-7-5-6-8-21(18)28)13-25-27-20-14-26-29(23(30)22(20)24)16-9-11-17(31-3)12-10-16/h5-14,27H,4H2,1-3H3/b25-13-. The van der Waals surface area contributed by atoms with Crippen LogP contribution >= 0.6 is 11.6 Å². The van der Waals surface area contributed by atoms with Crippen LogP contribution < -0.4 is 15.7 Å². The summed E-state index contributed by atoms with van der Waals surface area (Å²) in [5.41, 5.74) is 6.63. The second kappa shape index (κ2) is 8.65. The van der Waals surface area contributed by atoms with Crippen LogP contribution in [0.5, 0.6) is 5.75 Å². The molecule has 0 unspecified atom stereocenters. The summed E-state index contributed by atoms with van der Waals surface area (Å²) in [6, 6.07) is 15.2. The normalized spacial score (nSPS) is 11.4. The van der Waals surface area contributed by atoms with Gasteiger partial charge in [0.25, 0.3) is 5.56 Å². The number of halogens is 1. The fourth-order valence-corrected chi connectivity index (χ4v) is 3.78. The molecule has 0 aliphatic rings. The number of hydrogen-bond acceptors (Lipinski definition) is 5. The fourth-order valence-electron chi connectivity index (χ4n) is 3.61. The maximum atomic E-state index is 12.7. The average Bonchev–Trinajstić information content (AvgIpc) is 3.07. The van der Waals surface area contributed by atoms with Gasteiger partial charge in [-0.15, -0.1) is 0 Å². The fraction of sp³-hybridized carbons (Fsp3) is 0.174. The monoisotopic (exact) mass is 435 g/mol. The predicted molar refractivity (Wildman–Crippen MR) is 125 cm³/mol. The summed E-state index contributed by atoms with van der Waals surface area (Å²) in [5.74, 6) is 0.690. The summed E-state index contributed by atoms with van der Waals surface area (Å²) in [6.45, 7) is 5.05. The van der Waals surface area contributed by atoms with E-state index in [9.17, 15) is 4.79 Å². The number of aromatic nitrogens is 3. The van der Waals surface area contributed by atoms with E-state index >= 15 is 0 Å². The maximum Gasteiger partial charge on any atom is 0.292 e. The van der Waals surface area contributed by atoms with E-state index in [2.05, 4.69) is 46.2 Å². The molecule has 0 saturated heterocycles. The minimum Gasteiger partial charge on any atom is -0.497 e. The number of benzene rings is 2. The van der Waals surface area contributed by atoms with Crippen molar-refractivity contribution in [2.45, 2.75) is 20.4 Å². The van der Waals surface area contributed by atoms with E-state index in [1.807, 2.05) is 12.1 Å². The zero-order valence-electron chi connectivity index (χ0n) is 17.5. The number of anilines is 1. The lowest BCUT2D eigenvalue weighted by Gasteiger charge is -2.08. The van der Waals surface area contributed by atoms with Gasteiger partial charge in [0, 0.05) is 28.7 Å². The van der Waals surface area contributed by atoms with Crippen LogP contribution in [0.15, 0.2) is 64.6 Å². The number of ether oxygens (including phenoxy) is 1. The Hall–Kier alpha value is -3.58. The van der Waals surface area contributed by atoms with Crippen LogP contribution in [0.25, 0.3) is 16.6 Å². The van der Waals surface area contributed by atoms with Gasteiger partial charge in [-0.1, -0.05) is 29.8 Å². The zero-order valence-corrected chi connectivity index (χ0v) is 18.2. The molecule has 2 aromatic heterocycles. The summed E-state index contributed by atoms with van der Waals surface area (Å²) in [7, 11) is 1.58. The number of rotatable bonds is 6. The molecule has 2 aromatic carbocycles. The Morgan fingerprint density at radius 3 is 2.65 bits per heavy atom. The first-order valence-corrected chi connectivity index (χ1v) is 10.2. The van der Waals surface area contributed by atoms with Crippen LogP contribution in [-0.4, -0.2) is 27.7 Å². The van der Waals surface area contributed by atoms with Crippen molar-refractivity contribution in [3.8, 4) is 11.4 Å². The lowest BCUT2D eigenvalue weighted by Crippen LogP contribution is -2.22. The highest BCUT2D eigenvalue weighted by atomic mass is 35.5. The molecule has 0 saturated carbocycles. The maximum absolute atomic E-state index is 12.7. The van der Waals surface area contributed by atoms with Crippen LogP contribution in [0.4, 0.5) is 5.69 Å². The highest BCUT2D eigenvalue weighted by Gasteiger charge is 2.12. The molecule has 0 amide bonds. The molecule has 4 rings (SSSR count). The molecule has 4 aromatic rings. The highest BCUT2D eigenvalue weighted by Crippen LogP contribution is 2.25. The Morgan fingerprint density at radius 2 is 1.94 bits per heavy atom. The third-order valence-electron chi connectivity index (χ3n) is 5.21. The molecule has 0 atom stereocenters. The quantitative estimate of drug-likeness (QED) is 0.354.